The zero-order chi connectivity index (χ0) is 114. The molecule has 9 saturated carbocycles. The van der Waals surface area contributed by atoms with E-state index in [-0.39, 0.29) is 54.2 Å². The molecule has 0 saturated heterocycles. The molecule has 149 heavy (non-hydrogen) atoms. The average molecular weight is 2120 g/mol. The van der Waals surface area contributed by atoms with E-state index in [1.165, 1.54) is 103 Å². The summed E-state index contributed by atoms with van der Waals surface area (Å²) in [6.07, 6.45) is 32.0. The molecule has 0 aromatic heterocycles. The standard InChI is InChI=1S/C19H30N2O2.C18H28N2O2.2C14H27NO2.C13H26N2O.C11H22N2O.2C11H21NO.C10H21NO2S/c1-19(2,3)12-15-10-16(11-15)20-18(22)21(4)13-14-6-8-17(23-5)9-7-14;1-18(2,3)11-14-9-15(10-14)20-17(21)19-12-13-5-7-16(22-4)8-6-13;2*1-13(2,3)9-10-7-11(8-10)15-12(16)17-14(4,5)6;1-6-14-12(16)15(5)11-7-10(8-11)9-13(2,3)4;1-11(2,3)7-8-5-9(6-8)13-10(14)12-4;2*1-8(13)12-10-5-9(6-10)7-11(2,3)4;1-10(2,3)7-8-5-9(6-8)11-14(4,12)13/h6-9,15-16H,10-13H2,1-5H3,(H,20,22);5-8,14-15H,9-12H2,1-4H3,(H2,19,20,21);2*10-11H,7-9H2,1-6H3,(H,15,16);10-11H,6-9H2,1-5H3,(H,14,16);8-9H,5-7H2,1-4H3,(H2,12,13,14);2*9-10H,5-7H2,1-4H3,(H,12,13);8-9,11H,5-7H2,1-4H3. The molecule has 12 amide bonds. The van der Waals surface area contributed by atoms with E-state index in [0.717, 1.165) is 147 Å². The Hall–Kier alpha value is -7.49. The number of methoxy groups -OCH3 is 2. The van der Waals surface area contributed by atoms with Crippen LogP contribution in [0.2, 0.25) is 0 Å². The number of alkyl carbamates (subject to hydrolysis) is 2. The van der Waals surface area contributed by atoms with Gasteiger partial charge in [-0.25, -0.2) is 41.9 Å². The second-order valence-electron chi connectivity index (χ2n) is 58.7. The highest BCUT2D eigenvalue weighted by atomic mass is 32.2. The average Bonchev–Trinajstić information content (AvgIpc) is 0.812. The molecule has 0 atom stereocenters. The number of urea groups is 4. The molecular weight excluding hydrogens is 1890 g/mol. The second-order valence-corrected chi connectivity index (χ2v) is 60.5. The number of hydrogen-bond donors (Lipinski definition) is 11. The molecule has 27 nitrogen and oxygen atoms in total. The van der Waals surface area contributed by atoms with Gasteiger partial charge in [-0.3, -0.25) is 9.59 Å². The van der Waals surface area contributed by atoms with E-state index in [1.807, 2.05) is 116 Å². The number of sulfonamides is 1. The Labute approximate surface area is 908 Å². The first-order valence-electron chi connectivity index (χ1n) is 56.7. The highest BCUT2D eigenvalue weighted by Gasteiger charge is 2.42. The predicted molar refractivity (Wildman–Crippen MR) is 615 cm³/mol. The highest BCUT2D eigenvalue weighted by Crippen LogP contribution is 2.46. The van der Waals surface area contributed by atoms with Crippen LogP contribution in [0.4, 0.5) is 28.8 Å². The number of rotatable bonds is 26. The molecule has 862 valence electrons. The van der Waals surface area contributed by atoms with E-state index in [0.29, 0.717) is 123 Å². The normalized spacial score (nSPS) is 24.7. The summed E-state index contributed by atoms with van der Waals surface area (Å²) in [7, 11) is 5.69. The van der Waals surface area contributed by atoms with E-state index in [1.54, 1.807) is 40.0 Å². The Balaban J connectivity index is 0.000000433. The van der Waals surface area contributed by atoms with Gasteiger partial charge in [-0.1, -0.05) is 211 Å². The first-order valence-corrected chi connectivity index (χ1v) is 58.6. The number of carbonyl (C=O) groups excluding carboxylic acids is 8. The first-order chi connectivity index (χ1) is 67.8. The smallest absolute Gasteiger partial charge is 0.407 e. The predicted octanol–water partition coefficient (Wildman–Crippen LogP) is 26.6. The zero-order valence-corrected chi connectivity index (χ0v) is 103. The van der Waals surface area contributed by atoms with Crippen LogP contribution in [-0.2, 0) is 42.2 Å². The Bertz CT molecular complexity index is 4260. The van der Waals surface area contributed by atoms with Crippen LogP contribution in [0.25, 0.3) is 0 Å². The minimum Gasteiger partial charge on any atom is -0.497 e. The SMILES string of the molecule is CC(=O)NC1CC(CC(C)(C)C)C1.CC(=O)NC1CC(CC(C)(C)C)C1.CC(C)(C)CC1CC(NC(=O)OC(C)(C)C)C1.CC(C)(C)CC1CC(NC(=O)OC(C)(C)C)C1.CC(C)(C)CC1CC(NS(C)(=O)=O)C1.CCNC(=O)N(C)C1CC(CC(C)(C)C)C1.CNC(=O)NC1CC(CC(C)(C)C)C1.COc1ccc(CN(C)C(=O)NC2CC(CC(C)(C)C)C2)cc1.COc1ccc(CNC(=O)NC2CC(CC(C)(C)C)C2)cc1. The Morgan fingerprint density at radius 1 is 0.322 bits per heavy atom. The van der Waals surface area contributed by atoms with Crippen molar-refractivity contribution < 1.29 is 65.7 Å². The third-order valence-corrected chi connectivity index (χ3v) is 28.6. The molecule has 2 aromatic rings. The van der Waals surface area contributed by atoms with Gasteiger partial charge in [0.25, 0.3) is 0 Å². The molecule has 9 aliphatic rings. The number of hydrogen-bond acceptors (Lipinski definition) is 14. The minimum absolute atomic E-state index is 0.0139. The highest BCUT2D eigenvalue weighted by molar-refractivity contribution is 7.88. The molecular formula is C121H223N13O14S. The second kappa shape index (κ2) is 60.0. The lowest BCUT2D eigenvalue weighted by atomic mass is 9.71. The van der Waals surface area contributed by atoms with Gasteiger partial charge in [-0.2, -0.15) is 0 Å². The number of amides is 12. The van der Waals surface area contributed by atoms with Crippen LogP contribution >= 0.6 is 0 Å². The van der Waals surface area contributed by atoms with Crippen LogP contribution in [0.5, 0.6) is 11.5 Å². The molecule has 0 heterocycles. The van der Waals surface area contributed by atoms with Gasteiger partial charge in [-0.15, -0.1) is 0 Å². The summed E-state index contributed by atoms with van der Waals surface area (Å²) in [4.78, 5) is 94.8. The molecule has 11 N–H and O–H groups in total. The fourth-order valence-electron chi connectivity index (χ4n) is 22.2. The monoisotopic (exact) mass is 2110 g/mol. The van der Waals surface area contributed by atoms with E-state index in [9.17, 15) is 46.8 Å². The van der Waals surface area contributed by atoms with Crippen molar-refractivity contribution in [2.45, 2.75) is 501 Å². The maximum absolute atomic E-state index is 12.3. The van der Waals surface area contributed by atoms with E-state index in [2.05, 4.69) is 245 Å². The lowest BCUT2D eigenvalue weighted by Gasteiger charge is -2.43. The minimum atomic E-state index is -3.00. The molecule has 0 unspecified atom stereocenters. The Morgan fingerprint density at radius 3 is 0.805 bits per heavy atom. The molecule has 0 aliphatic heterocycles. The lowest BCUT2D eigenvalue weighted by Crippen LogP contribution is -2.49. The van der Waals surface area contributed by atoms with Crippen molar-refractivity contribution >= 4 is 58.1 Å². The van der Waals surface area contributed by atoms with Gasteiger partial charge in [0.2, 0.25) is 21.8 Å². The summed E-state index contributed by atoms with van der Waals surface area (Å²) in [6, 6.07) is 18.8. The summed E-state index contributed by atoms with van der Waals surface area (Å²) in [5.41, 5.74) is 4.97. The molecule has 28 heteroatoms. The zero-order valence-electron chi connectivity index (χ0n) is 102. The van der Waals surface area contributed by atoms with E-state index in [4.69, 9.17) is 18.9 Å². The van der Waals surface area contributed by atoms with Gasteiger partial charge >= 0.3 is 36.3 Å². The maximum atomic E-state index is 12.3. The van der Waals surface area contributed by atoms with Crippen molar-refractivity contribution in [3.8, 4) is 11.5 Å². The number of nitrogens with zero attached hydrogens (tertiary/aromatic N) is 2. The van der Waals surface area contributed by atoms with E-state index < -0.39 is 21.2 Å². The molecule has 9 aliphatic carbocycles. The molecule has 0 radical (unpaired) electrons. The van der Waals surface area contributed by atoms with Crippen LogP contribution in [-0.4, -0.2) is 180 Å². The number of ether oxygens (including phenoxy) is 4. The third-order valence-electron chi connectivity index (χ3n) is 27.8. The maximum Gasteiger partial charge on any atom is 0.407 e. The summed E-state index contributed by atoms with van der Waals surface area (Å²) >= 11 is 0. The summed E-state index contributed by atoms with van der Waals surface area (Å²) < 4.78 is 45.2. The van der Waals surface area contributed by atoms with Crippen LogP contribution in [0, 0.1) is 102 Å². The quantitative estimate of drug-likeness (QED) is 0.0417. The number of benzene rings is 2. The van der Waals surface area contributed by atoms with Gasteiger partial charge in [-0.05, 0) is 359 Å². The van der Waals surface area contributed by atoms with Crippen molar-refractivity contribution in [2.75, 3.05) is 48.2 Å². The first kappa shape index (κ1) is 136. The van der Waals surface area contributed by atoms with Crippen LogP contribution < -0.4 is 67.4 Å². The van der Waals surface area contributed by atoms with E-state index >= 15 is 0 Å². The van der Waals surface area contributed by atoms with Crippen molar-refractivity contribution in [3.05, 3.63) is 59.7 Å². The van der Waals surface area contributed by atoms with Crippen LogP contribution in [0.3, 0.4) is 0 Å². The van der Waals surface area contributed by atoms with Gasteiger partial charge in [0.1, 0.15) is 22.7 Å². The Kier molecular flexibility index (Phi) is 54.6. The topological polar surface area (TPSA) is 346 Å². The third kappa shape index (κ3) is 65.7. The van der Waals surface area contributed by atoms with Crippen molar-refractivity contribution in [1.82, 2.24) is 67.7 Å². The summed E-state index contributed by atoms with van der Waals surface area (Å²) in [6.45, 7) is 79.6. The largest absolute Gasteiger partial charge is 0.497 e. The summed E-state index contributed by atoms with van der Waals surface area (Å²) in [5.74, 6) is 8.89. The van der Waals surface area contributed by atoms with Crippen molar-refractivity contribution in [2.24, 2.45) is 102 Å². The molecule has 9 fully saturated rings. The molecule has 2 aromatic carbocycles. The van der Waals surface area contributed by atoms with Gasteiger partial charge in [0.05, 0.1) is 20.5 Å². The van der Waals surface area contributed by atoms with Gasteiger partial charge < -0.3 is 81.9 Å². The van der Waals surface area contributed by atoms with Gasteiger partial charge in [0, 0.05) is 109 Å². The molecule has 0 bridgehead atoms. The van der Waals surface area contributed by atoms with Crippen molar-refractivity contribution in [3.63, 3.8) is 0 Å². The summed E-state index contributed by atoms with van der Waals surface area (Å²) in [5, 5.41) is 29.2. The molecule has 0 spiro atoms. The number of nitrogens with one attached hydrogen (secondary N) is 11. The Morgan fingerprint density at radius 2 is 0.564 bits per heavy atom. The fraction of sp³-hybridized carbons (Fsp3) is 0.835. The van der Waals surface area contributed by atoms with Crippen LogP contribution in [0.1, 0.15) is 434 Å². The fourth-order valence-corrected chi connectivity index (χ4v) is 23.0. The number of carbonyl (C=O) groups is 8. The molecule has 11 rings (SSSR count). The lowest BCUT2D eigenvalue weighted by molar-refractivity contribution is -0.121. The van der Waals surface area contributed by atoms with Gasteiger partial charge in [0.15, 0.2) is 0 Å². The van der Waals surface area contributed by atoms with Crippen LogP contribution in [0.15, 0.2) is 48.5 Å². The van der Waals surface area contributed by atoms with Crippen molar-refractivity contribution in [1.29, 1.82) is 0 Å².